The molecule has 0 radical (unpaired) electrons. The van der Waals surface area contributed by atoms with E-state index in [9.17, 15) is 34.2 Å². The van der Waals surface area contributed by atoms with Gasteiger partial charge in [0.15, 0.2) is 6.04 Å². The third-order valence-electron chi connectivity index (χ3n) is 5.50. The molecule has 1 aromatic heterocycles. The highest BCUT2D eigenvalue weighted by Gasteiger charge is 2.32. The van der Waals surface area contributed by atoms with Gasteiger partial charge in [0.25, 0.3) is 0 Å². The number of aliphatic carboxylic acids is 1. The highest BCUT2D eigenvalue weighted by molar-refractivity contribution is 5.95. The number of aromatic amines is 1. The molecule has 196 valence electrons. The molecular formula is C23H32N6O7. The fraction of sp³-hybridized carbons (Fsp3) is 0.435. The molecule has 5 atom stereocenters. The number of amides is 4. The molecule has 1 aromatic carbocycles. The number of primary amides is 1. The summed E-state index contributed by atoms with van der Waals surface area (Å²) in [6.07, 6.45) is -0.170. The quantitative estimate of drug-likeness (QED) is 0.155. The van der Waals surface area contributed by atoms with E-state index in [2.05, 4.69) is 20.9 Å². The molecule has 0 spiro atoms. The van der Waals surface area contributed by atoms with E-state index in [0.29, 0.717) is 5.56 Å². The molecule has 36 heavy (non-hydrogen) atoms. The first-order valence-corrected chi connectivity index (χ1v) is 11.3. The number of carboxylic acid groups (broad SMARTS) is 1. The van der Waals surface area contributed by atoms with E-state index in [1.807, 2.05) is 18.2 Å². The van der Waals surface area contributed by atoms with Crippen LogP contribution in [-0.4, -0.2) is 75.1 Å². The number of nitrogens with one attached hydrogen (secondary N) is 4. The molecule has 2 aromatic rings. The number of aromatic nitrogens is 1. The van der Waals surface area contributed by atoms with Gasteiger partial charge in [0.2, 0.25) is 23.6 Å². The Bertz CT molecular complexity index is 1110. The van der Waals surface area contributed by atoms with Gasteiger partial charge >= 0.3 is 5.97 Å². The van der Waals surface area contributed by atoms with Crippen molar-refractivity contribution in [1.29, 1.82) is 0 Å². The van der Waals surface area contributed by atoms with Crippen molar-refractivity contribution in [2.75, 3.05) is 0 Å². The van der Waals surface area contributed by atoms with Crippen molar-refractivity contribution in [3.05, 3.63) is 36.0 Å². The molecule has 10 N–H and O–H groups in total. The zero-order chi connectivity index (χ0) is 27.0. The third kappa shape index (κ3) is 7.78. The summed E-state index contributed by atoms with van der Waals surface area (Å²) < 4.78 is 0. The van der Waals surface area contributed by atoms with Gasteiger partial charge in [-0.15, -0.1) is 0 Å². The van der Waals surface area contributed by atoms with Gasteiger partial charge in [-0.05, 0) is 31.9 Å². The second kappa shape index (κ2) is 12.7. The molecule has 1 heterocycles. The van der Waals surface area contributed by atoms with E-state index in [1.165, 1.54) is 13.8 Å². The summed E-state index contributed by atoms with van der Waals surface area (Å²) in [6.45, 7) is 2.61. The Morgan fingerprint density at radius 3 is 2.17 bits per heavy atom. The third-order valence-corrected chi connectivity index (χ3v) is 5.50. The lowest BCUT2D eigenvalue weighted by atomic mass is 10.0. The van der Waals surface area contributed by atoms with Crippen LogP contribution in [0.4, 0.5) is 0 Å². The lowest BCUT2D eigenvalue weighted by molar-refractivity contribution is -0.145. The molecule has 0 saturated carbocycles. The number of fused-ring (bicyclic) bond motifs is 1. The number of carbonyl (C=O) groups excluding carboxylic acids is 4. The lowest BCUT2D eigenvalue weighted by Crippen LogP contribution is -2.58. The van der Waals surface area contributed by atoms with Crippen molar-refractivity contribution in [3.63, 3.8) is 0 Å². The molecule has 2 rings (SSSR count). The standard InChI is InChI=1S/C23H32N6O7/c1-11(24)20(32)27-16(7-8-18(25)31)21(33)28-17(22(34)29-19(12(2)30)23(35)36)9-13-10-26-15-6-4-3-5-14(13)15/h3-6,10-12,16-17,19,26,30H,7-9,24H2,1-2H3,(H2,25,31)(H,27,32)(H,28,33)(H,29,34)(H,35,36). The summed E-state index contributed by atoms with van der Waals surface area (Å²) in [5.74, 6) is -4.48. The SMILES string of the molecule is CC(N)C(=O)NC(CCC(N)=O)C(=O)NC(Cc1c[nH]c2ccccc12)C(=O)NC(C(=O)O)C(C)O. The second-order valence-electron chi connectivity index (χ2n) is 8.54. The number of carboxylic acids is 1. The summed E-state index contributed by atoms with van der Waals surface area (Å²) in [5.41, 5.74) is 12.2. The van der Waals surface area contributed by atoms with Crippen molar-refractivity contribution >= 4 is 40.5 Å². The normalized spacial score (nSPS) is 15.2. The Morgan fingerprint density at radius 2 is 1.58 bits per heavy atom. The lowest BCUT2D eigenvalue weighted by Gasteiger charge is -2.25. The zero-order valence-corrected chi connectivity index (χ0v) is 20.0. The molecule has 0 aliphatic heterocycles. The average molecular weight is 505 g/mol. The summed E-state index contributed by atoms with van der Waals surface area (Å²) in [5, 5.41) is 27.1. The van der Waals surface area contributed by atoms with Crippen molar-refractivity contribution in [2.45, 2.75) is 63.4 Å². The van der Waals surface area contributed by atoms with E-state index in [4.69, 9.17) is 11.5 Å². The fourth-order valence-corrected chi connectivity index (χ4v) is 3.50. The molecule has 0 aliphatic carbocycles. The van der Waals surface area contributed by atoms with Crippen molar-refractivity contribution in [1.82, 2.24) is 20.9 Å². The largest absolute Gasteiger partial charge is 0.480 e. The molecule has 0 saturated heterocycles. The highest BCUT2D eigenvalue weighted by atomic mass is 16.4. The summed E-state index contributed by atoms with van der Waals surface area (Å²) >= 11 is 0. The van der Waals surface area contributed by atoms with Crippen LogP contribution in [0.1, 0.15) is 32.3 Å². The minimum Gasteiger partial charge on any atom is -0.480 e. The maximum Gasteiger partial charge on any atom is 0.328 e. The molecule has 0 bridgehead atoms. The van der Waals surface area contributed by atoms with E-state index < -0.39 is 59.9 Å². The number of hydrogen-bond acceptors (Lipinski definition) is 7. The van der Waals surface area contributed by atoms with Crippen LogP contribution in [0.2, 0.25) is 0 Å². The maximum atomic E-state index is 13.1. The molecule has 0 fully saturated rings. The zero-order valence-electron chi connectivity index (χ0n) is 20.0. The molecule has 0 aliphatic rings. The van der Waals surface area contributed by atoms with Gasteiger partial charge in [-0.1, -0.05) is 18.2 Å². The van der Waals surface area contributed by atoms with Crippen LogP contribution >= 0.6 is 0 Å². The van der Waals surface area contributed by atoms with Crippen LogP contribution in [0.25, 0.3) is 10.9 Å². The van der Waals surface area contributed by atoms with Gasteiger partial charge in [0.05, 0.1) is 12.1 Å². The first-order valence-electron chi connectivity index (χ1n) is 11.3. The Kier molecular flexibility index (Phi) is 9.93. The first-order chi connectivity index (χ1) is 16.9. The van der Waals surface area contributed by atoms with E-state index in [0.717, 1.165) is 10.9 Å². The number of para-hydroxylation sites is 1. The van der Waals surface area contributed by atoms with Crippen LogP contribution in [0.5, 0.6) is 0 Å². The number of nitrogens with two attached hydrogens (primary N) is 2. The summed E-state index contributed by atoms with van der Waals surface area (Å²) in [7, 11) is 0. The monoisotopic (exact) mass is 504 g/mol. The molecule has 13 nitrogen and oxygen atoms in total. The number of hydrogen-bond donors (Lipinski definition) is 8. The second-order valence-corrected chi connectivity index (χ2v) is 8.54. The molecule has 5 unspecified atom stereocenters. The minimum atomic E-state index is -1.62. The molecular weight excluding hydrogens is 472 g/mol. The Labute approximate surface area is 207 Å². The van der Waals surface area contributed by atoms with Crippen LogP contribution in [0.15, 0.2) is 30.5 Å². The van der Waals surface area contributed by atoms with Crippen LogP contribution < -0.4 is 27.4 Å². The number of aliphatic hydroxyl groups excluding tert-OH is 1. The van der Waals surface area contributed by atoms with Crippen LogP contribution in [0, 0.1) is 0 Å². The maximum absolute atomic E-state index is 13.1. The van der Waals surface area contributed by atoms with E-state index in [1.54, 1.807) is 12.3 Å². The Balaban J connectivity index is 2.33. The van der Waals surface area contributed by atoms with Crippen molar-refractivity contribution in [2.24, 2.45) is 11.5 Å². The average Bonchev–Trinajstić information content (AvgIpc) is 3.21. The number of aliphatic hydroxyl groups is 1. The first kappa shape index (κ1) is 28.3. The Morgan fingerprint density at radius 1 is 0.972 bits per heavy atom. The number of rotatable bonds is 13. The van der Waals surface area contributed by atoms with Gasteiger partial charge in [-0.25, -0.2) is 4.79 Å². The number of benzene rings is 1. The number of carbonyl (C=O) groups is 5. The topological polar surface area (TPSA) is 230 Å². The van der Waals surface area contributed by atoms with Gasteiger partial charge < -0.3 is 42.6 Å². The smallest absolute Gasteiger partial charge is 0.328 e. The predicted molar refractivity (Wildman–Crippen MR) is 129 cm³/mol. The fourth-order valence-electron chi connectivity index (χ4n) is 3.50. The van der Waals surface area contributed by atoms with E-state index in [-0.39, 0.29) is 19.3 Å². The minimum absolute atomic E-state index is 0.0441. The Hall–Kier alpha value is -3.97. The highest BCUT2D eigenvalue weighted by Crippen LogP contribution is 2.19. The summed E-state index contributed by atoms with van der Waals surface area (Å²) in [6, 6.07) is 2.16. The van der Waals surface area contributed by atoms with E-state index >= 15 is 0 Å². The number of H-pyrrole nitrogens is 1. The molecule has 4 amide bonds. The molecule has 13 heteroatoms. The van der Waals surface area contributed by atoms with Gasteiger partial charge in [-0.2, -0.15) is 0 Å². The summed E-state index contributed by atoms with van der Waals surface area (Å²) in [4.78, 5) is 64.1. The van der Waals surface area contributed by atoms with Crippen molar-refractivity contribution in [3.8, 4) is 0 Å². The van der Waals surface area contributed by atoms with Crippen LogP contribution in [0.3, 0.4) is 0 Å². The van der Waals surface area contributed by atoms with Gasteiger partial charge in [0.1, 0.15) is 12.1 Å². The predicted octanol–water partition coefficient (Wildman–Crippen LogP) is -1.76. The van der Waals surface area contributed by atoms with Gasteiger partial charge in [-0.3, -0.25) is 19.2 Å². The van der Waals surface area contributed by atoms with Crippen LogP contribution in [-0.2, 0) is 30.4 Å². The van der Waals surface area contributed by atoms with Gasteiger partial charge in [0, 0.05) is 29.9 Å². The van der Waals surface area contributed by atoms with Crippen molar-refractivity contribution < 1.29 is 34.2 Å².